The lowest BCUT2D eigenvalue weighted by Gasteiger charge is -2.12. The Labute approximate surface area is 140 Å². The van der Waals surface area contributed by atoms with E-state index in [1.165, 1.54) is 7.11 Å². The Morgan fingerprint density at radius 1 is 0.958 bits per heavy atom. The zero-order valence-corrected chi connectivity index (χ0v) is 13.8. The van der Waals surface area contributed by atoms with Crippen molar-refractivity contribution < 1.29 is 23.8 Å². The summed E-state index contributed by atoms with van der Waals surface area (Å²) in [5.74, 6) is 0.908. The van der Waals surface area contributed by atoms with E-state index in [9.17, 15) is 9.59 Å². The second kappa shape index (κ2) is 8.01. The molecule has 2 aromatic rings. The fraction of sp³-hybridized carbons (Fsp3) is 0.222. The minimum absolute atomic E-state index is 0.291. The SMILES string of the molecule is CCC(=O)Oc1ccc(C(=O)Nc2ccc(OC)cc2OC)cc1. The average Bonchev–Trinajstić information content (AvgIpc) is 2.62. The van der Waals surface area contributed by atoms with Gasteiger partial charge in [-0.2, -0.15) is 0 Å². The fourth-order valence-electron chi connectivity index (χ4n) is 1.97. The van der Waals surface area contributed by atoms with Gasteiger partial charge in [0.15, 0.2) is 0 Å². The zero-order valence-electron chi connectivity index (χ0n) is 13.8. The Bertz CT molecular complexity index is 725. The Hall–Kier alpha value is -3.02. The van der Waals surface area contributed by atoms with Crippen LogP contribution in [-0.4, -0.2) is 26.1 Å². The number of methoxy groups -OCH3 is 2. The highest BCUT2D eigenvalue weighted by Crippen LogP contribution is 2.29. The number of nitrogens with one attached hydrogen (secondary N) is 1. The van der Waals surface area contributed by atoms with Crippen LogP contribution in [0, 0.1) is 0 Å². The molecule has 0 unspecified atom stereocenters. The number of hydrogen-bond acceptors (Lipinski definition) is 5. The highest BCUT2D eigenvalue weighted by Gasteiger charge is 2.11. The first-order valence-corrected chi connectivity index (χ1v) is 7.41. The maximum atomic E-state index is 12.3. The molecule has 0 aromatic heterocycles. The molecule has 1 amide bonds. The summed E-state index contributed by atoms with van der Waals surface area (Å²) in [5, 5.41) is 2.77. The van der Waals surface area contributed by atoms with Crippen molar-refractivity contribution in [1.29, 1.82) is 0 Å². The normalized spacial score (nSPS) is 9.96. The first kappa shape index (κ1) is 17.3. The number of hydrogen-bond donors (Lipinski definition) is 1. The highest BCUT2D eigenvalue weighted by atomic mass is 16.5. The molecule has 0 atom stereocenters. The number of rotatable bonds is 6. The predicted octanol–water partition coefficient (Wildman–Crippen LogP) is 3.27. The van der Waals surface area contributed by atoms with Crippen LogP contribution in [0.3, 0.4) is 0 Å². The van der Waals surface area contributed by atoms with Crippen LogP contribution in [0.2, 0.25) is 0 Å². The third-order valence-electron chi connectivity index (χ3n) is 3.29. The maximum Gasteiger partial charge on any atom is 0.310 e. The van der Waals surface area contributed by atoms with Crippen molar-refractivity contribution in [1.82, 2.24) is 0 Å². The van der Waals surface area contributed by atoms with E-state index in [2.05, 4.69) is 5.32 Å². The van der Waals surface area contributed by atoms with E-state index in [-0.39, 0.29) is 11.9 Å². The van der Waals surface area contributed by atoms with E-state index in [0.717, 1.165) is 0 Å². The molecule has 6 heteroatoms. The lowest BCUT2D eigenvalue weighted by molar-refractivity contribution is -0.134. The van der Waals surface area contributed by atoms with Crippen molar-refractivity contribution in [3.63, 3.8) is 0 Å². The number of esters is 1. The van der Waals surface area contributed by atoms with Crippen LogP contribution >= 0.6 is 0 Å². The van der Waals surface area contributed by atoms with Gasteiger partial charge in [0.2, 0.25) is 0 Å². The smallest absolute Gasteiger partial charge is 0.310 e. The molecule has 0 bridgehead atoms. The second-order valence-corrected chi connectivity index (χ2v) is 4.87. The van der Waals surface area contributed by atoms with Crippen molar-refractivity contribution in [3.05, 3.63) is 48.0 Å². The molecule has 0 heterocycles. The molecule has 0 radical (unpaired) electrons. The summed E-state index contributed by atoms with van der Waals surface area (Å²) in [5.41, 5.74) is 0.967. The summed E-state index contributed by atoms with van der Waals surface area (Å²) in [4.78, 5) is 23.6. The van der Waals surface area contributed by atoms with E-state index in [0.29, 0.717) is 34.9 Å². The minimum atomic E-state index is -0.324. The summed E-state index contributed by atoms with van der Waals surface area (Å²) in [7, 11) is 3.07. The summed E-state index contributed by atoms with van der Waals surface area (Å²) in [6.45, 7) is 1.71. The second-order valence-electron chi connectivity index (χ2n) is 4.87. The van der Waals surface area contributed by atoms with Crippen molar-refractivity contribution in [3.8, 4) is 17.2 Å². The van der Waals surface area contributed by atoms with Crippen LogP contribution in [-0.2, 0) is 4.79 Å². The summed E-state index contributed by atoms with van der Waals surface area (Å²) in [6.07, 6.45) is 0.291. The molecule has 24 heavy (non-hydrogen) atoms. The molecule has 0 saturated carbocycles. The standard InChI is InChI=1S/C18H19NO5/c1-4-17(20)24-13-7-5-12(6-8-13)18(21)19-15-10-9-14(22-2)11-16(15)23-3/h5-11H,4H2,1-3H3,(H,19,21). The van der Waals surface area contributed by atoms with Crippen LogP contribution in [0.15, 0.2) is 42.5 Å². The molecular formula is C18H19NO5. The average molecular weight is 329 g/mol. The van der Waals surface area contributed by atoms with Crippen molar-refractivity contribution in [2.45, 2.75) is 13.3 Å². The molecular weight excluding hydrogens is 310 g/mol. The fourth-order valence-corrected chi connectivity index (χ4v) is 1.97. The molecule has 6 nitrogen and oxygen atoms in total. The third-order valence-corrected chi connectivity index (χ3v) is 3.29. The topological polar surface area (TPSA) is 73.9 Å². The number of ether oxygens (including phenoxy) is 3. The summed E-state index contributed by atoms with van der Waals surface area (Å²) >= 11 is 0. The zero-order chi connectivity index (χ0) is 17.5. The molecule has 0 saturated heterocycles. The van der Waals surface area contributed by atoms with E-state index >= 15 is 0 Å². The number of anilines is 1. The number of amides is 1. The van der Waals surface area contributed by atoms with Crippen molar-refractivity contribution in [2.24, 2.45) is 0 Å². The van der Waals surface area contributed by atoms with Crippen molar-refractivity contribution in [2.75, 3.05) is 19.5 Å². The van der Waals surface area contributed by atoms with Crippen LogP contribution < -0.4 is 19.5 Å². The Kier molecular flexibility index (Phi) is 5.78. The van der Waals surface area contributed by atoms with Gasteiger partial charge < -0.3 is 19.5 Å². The first-order chi connectivity index (χ1) is 11.6. The Morgan fingerprint density at radius 3 is 2.21 bits per heavy atom. The van der Waals surface area contributed by atoms with Gasteiger partial charge in [-0.3, -0.25) is 9.59 Å². The van der Waals surface area contributed by atoms with Crippen LogP contribution in [0.25, 0.3) is 0 Å². The summed E-state index contributed by atoms with van der Waals surface area (Å²) < 4.78 is 15.4. The molecule has 0 aliphatic carbocycles. The lowest BCUT2D eigenvalue weighted by atomic mass is 10.2. The van der Waals surface area contributed by atoms with E-state index in [1.807, 2.05) is 0 Å². The molecule has 2 aromatic carbocycles. The van der Waals surface area contributed by atoms with Gasteiger partial charge in [0.1, 0.15) is 17.2 Å². The number of carbonyl (C=O) groups excluding carboxylic acids is 2. The van der Waals surface area contributed by atoms with Gasteiger partial charge in [-0.1, -0.05) is 6.92 Å². The molecule has 0 spiro atoms. The third kappa shape index (κ3) is 4.25. The largest absolute Gasteiger partial charge is 0.497 e. The molecule has 0 aliphatic heterocycles. The van der Waals surface area contributed by atoms with Gasteiger partial charge in [0.25, 0.3) is 5.91 Å². The first-order valence-electron chi connectivity index (χ1n) is 7.41. The van der Waals surface area contributed by atoms with Gasteiger partial charge in [-0.15, -0.1) is 0 Å². The lowest BCUT2D eigenvalue weighted by Crippen LogP contribution is -2.13. The molecule has 0 aliphatic rings. The van der Waals surface area contributed by atoms with E-state index < -0.39 is 0 Å². The van der Waals surface area contributed by atoms with E-state index in [1.54, 1.807) is 56.5 Å². The monoisotopic (exact) mass is 329 g/mol. The van der Waals surface area contributed by atoms with Crippen LogP contribution in [0.4, 0.5) is 5.69 Å². The maximum absolute atomic E-state index is 12.3. The van der Waals surface area contributed by atoms with Gasteiger partial charge in [-0.25, -0.2) is 0 Å². The van der Waals surface area contributed by atoms with Gasteiger partial charge in [0, 0.05) is 18.1 Å². The number of benzene rings is 2. The highest BCUT2D eigenvalue weighted by molar-refractivity contribution is 6.05. The van der Waals surface area contributed by atoms with Gasteiger partial charge in [-0.05, 0) is 36.4 Å². The summed E-state index contributed by atoms with van der Waals surface area (Å²) in [6, 6.07) is 11.4. The number of carbonyl (C=O) groups is 2. The molecule has 0 fully saturated rings. The van der Waals surface area contributed by atoms with Gasteiger partial charge >= 0.3 is 5.97 Å². The Balaban J connectivity index is 2.11. The Morgan fingerprint density at radius 2 is 1.62 bits per heavy atom. The molecule has 126 valence electrons. The molecule has 2 rings (SSSR count). The predicted molar refractivity (Wildman–Crippen MR) is 89.9 cm³/mol. The minimum Gasteiger partial charge on any atom is -0.497 e. The van der Waals surface area contributed by atoms with E-state index in [4.69, 9.17) is 14.2 Å². The van der Waals surface area contributed by atoms with Gasteiger partial charge in [0.05, 0.1) is 19.9 Å². The van der Waals surface area contributed by atoms with Crippen molar-refractivity contribution >= 4 is 17.6 Å². The van der Waals surface area contributed by atoms with Crippen LogP contribution in [0.5, 0.6) is 17.2 Å². The quantitative estimate of drug-likeness (QED) is 0.650. The van der Waals surface area contributed by atoms with Crippen LogP contribution in [0.1, 0.15) is 23.7 Å². The molecule has 1 N–H and O–H groups in total.